The number of amides is 1. The molecular weight excluding hydrogens is 238 g/mol. The molecule has 7 nitrogen and oxygen atoms in total. The van der Waals surface area contributed by atoms with Crippen molar-refractivity contribution in [1.29, 1.82) is 0 Å². The first-order chi connectivity index (χ1) is 8.43. The Morgan fingerprint density at radius 1 is 1.50 bits per heavy atom. The van der Waals surface area contributed by atoms with Crippen LogP contribution < -0.4 is 5.73 Å². The van der Waals surface area contributed by atoms with Gasteiger partial charge < -0.3 is 25.3 Å². The molecule has 1 saturated heterocycles. The molecule has 0 aliphatic carbocycles. The molecule has 0 aromatic heterocycles. The van der Waals surface area contributed by atoms with Gasteiger partial charge in [0.1, 0.15) is 6.10 Å². The molecule has 7 heteroatoms. The van der Waals surface area contributed by atoms with Gasteiger partial charge in [0.25, 0.3) is 0 Å². The third-order valence-electron chi connectivity index (χ3n) is 2.67. The number of ether oxygens (including phenoxy) is 2. The van der Waals surface area contributed by atoms with Gasteiger partial charge in [0, 0.05) is 6.54 Å². The van der Waals surface area contributed by atoms with Gasteiger partial charge in [-0.2, -0.15) is 0 Å². The maximum Gasteiger partial charge on any atom is 0.410 e. The summed E-state index contributed by atoms with van der Waals surface area (Å²) in [6, 6.07) is 0. The van der Waals surface area contributed by atoms with E-state index in [-0.39, 0.29) is 24.1 Å². The number of rotatable bonds is 4. The van der Waals surface area contributed by atoms with Crippen LogP contribution in [0.15, 0.2) is 5.16 Å². The predicted molar refractivity (Wildman–Crippen MR) is 65.6 cm³/mol. The van der Waals surface area contributed by atoms with Crippen LogP contribution in [-0.2, 0) is 9.47 Å². The van der Waals surface area contributed by atoms with Gasteiger partial charge in [0.05, 0.1) is 18.8 Å². The zero-order valence-corrected chi connectivity index (χ0v) is 11.0. The first-order valence-corrected chi connectivity index (χ1v) is 6.02. The van der Waals surface area contributed by atoms with Crippen molar-refractivity contribution in [3.8, 4) is 0 Å². The van der Waals surface area contributed by atoms with Gasteiger partial charge >= 0.3 is 6.09 Å². The van der Waals surface area contributed by atoms with Crippen LogP contribution in [0.5, 0.6) is 0 Å². The number of oxime groups is 1. The number of hydrogen-bond donors (Lipinski definition) is 2. The second-order valence-electron chi connectivity index (χ2n) is 4.59. The zero-order chi connectivity index (χ0) is 13.7. The minimum absolute atomic E-state index is 0.0261. The van der Waals surface area contributed by atoms with Gasteiger partial charge in [0.2, 0.25) is 0 Å². The molecule has 0 radical (unpaired) electrons. The molecule has 0 spiro atoms. The van der Waals surface area contributed by atoms with Crippen LogP contribution in [0.2, 0.25) is 0 Å². The fraction of sp³-hybridized carbons (Fsp3) is 0.818. The summed E-state index contributed by atoms with van der Waals surface area (Å²) in [5.74, 6) is 0.0261. The van der Waals surface area contributed by atoms with Crippen LogP contribution in [0.3, 0.4) is 0 Å². The summed E-state index contributed by atoms with van der Waals surface area (Å²) in [4.78, 5) is 13.2. The maximum atomic E-state index is 11.6. The van der Waals surface area contributed by atoms with Gasteiger partial charge in [-0.15, -0.1) is 0 Å². The first-order valence-electron chi connectivity index (χ1n) is 6.02. The van der Waals surface area contributed by atoms with E-state index >= 15 is 0 Å². The lowest BCUT2D eigenvalue weighted by Crippen LogP contribution is -2.35. The van der Waals surface area contributed by atoms with Gasteiger partial charge in [0.15, 0.2) is 5.84 Å². The summed E-state index contributed by atoms with van der Waals surface area (Å²) in [6.07, 6.45) is -0.321. The summed E-state index contributed by atoms with van der Waals surface area (Å²) in [7, 11) is 0. The van der Waals surface area contributed by atoms with E-state index in [0.717, 1.165) is 6.42 Å². The monoisotopic (exact) mass is 259 g/mol. The van der Waals surface area contributed by atoms with E-state index in [1.807, 2.05) is 13.8 Å². The van der Waals surface area contributed by atoms with Crippen molar-refractivity contribution in [2.24, 2.45) is 10.9 Å². The Kier molecular flexibility index (Phi) is 5.21. The molecule has 0 aromatic rings. The zero-order valence-electron chi connectivity index (χ0n) is 11.0. The molecule has 3 N–H and O–H groups in total. The fourth-order valence-electron chi connectivity index (χ4n) is 1.72. The van der Waals surface area contributed by atoms with E-state index in [1.54, 1.807) is 11.8 Å². The van der Waals surface area contributed by atoms with Gasteiger partial charge in [-0.1, -0.05) is 5.16 Å². The maximum absolute atomic E-state index is 11.6. The molecule has 2 atom stereocenters. The van der Waals surface area contributed by atoms with Crippen LogP contribution in [0.1, 0.15) is 27.2 Å². The minimum atomic E-state index is -0.471. The SMILES string of the molecule is CC(C)OC(=O)N1CCC(O[C@H](C)/C(N)=N/O)C1. The van der Waals surface area contributed by atoms with Crippen molar-refractivity contribution in [2.45, 2.75) is 45.5 Å². The number of carbonyl (C=O) groups is 1. The molecular formula is C11H21N3O4. The van der Waals surface area contributed by atoms with Crippen LogP contribution in [0.25, 0.3) is 0 Å². The standard InChI is InChI=1S/C11H21N3O4/c1-7(2)17-11(15)14-5-4-9(6-14)18-8(3)10(12)13-16/h7-9,16H,4-6H2,1-3H3,(H2,12,13)/t8-,9?/m1/s1. The quantitative estimate of drug-likeness (QED) is 0.336. The topological polar surface area (TPSA) is 97.4 Å². The first kappa shape index (κ1) is 14.6. The third-order valence-corrected chi connectivity index (χ3v) is 2.67. The average Bonchev–Trinajstić information content (AvgIpc) is 2.75. The Morgan fingerprint density at radius 2 is 2.17 bits per heavy atom. The Labute approximate surface area is 107 Å². The van der Waals surface area contributed by atoms with E-state index in [0.29, 0.717) is 13.1 Å². The third kappa shape index (κ3) is 4.06. The van der Waals surface area contributed by atoms with Crippen molar-refractivity contribution >= 4 is 11.9 Å². The molecule has 18 heavy (non-hydrogen) atoms. The predicted octanol–water partition coefficient (Wildman–Crippen LogP) is 0.757. The van der Waals surface area contributed by atoms with Crippen molar-refractivity contribution in [1.82, 2.24) is 4.90 Å². The second-order valence-corrected chi connectivity index (χ2v) is 4.59. The molecule has 1 aliphatic rings. The molecule has 1 unspecified atom stereocenters. The highest BCUT2D eigenvalue weighted by molar-refractivity contribution is 5.83. The molecule has 1 heterocycles. The second kappa shape index (κ2) is 6.44. The lowest BCUT2D eigenvalue weighted by Gasteiger charge is -2.19. The number of likely N-dealkylation sites (tertiary alicyclic amines) is 1. The van der Waals surface area contributed by atoms with Crippen molar-refractivity contribution in [2.75, 3.05) is 13.1 Å². The molecule has 1 aliphatic heterocycles. The lowest BCUT2D eigenvalue weighted by molar-refractivity contribution is 0.0320. The number of amidine groups is 1. The summed E-state index contributed by atoms with van der Waals surface area (Å²) >= 11 is 0. The fourth-order valence-corrected chi connectivity index (χ4v) is 1.72. The Bertz CT molecular complexity index is 319. The van der Waals surface area contributed by atoms with E-state index in [9.17, 15) is 4.79 Å². The van der Waals surface area contributed by atoms with Gasteiger partial charge in [-0.05, 0) is 27.2 Å². The highest BCUT2D eigenvalue weighted by atomic mass is 16.6. The van der Waals surface area contributed by atoms with Crippen LogP contribution >= 0.6 is 0 Å². The molecule has 1 amide bonds. The molecule has 104 valence electrons. The van der Waals surface area contributed by atoms with Crippen LogP contribution in [0.4, 0.5) is 4.79 Å². The number of carbonyl (C=O) groups excluding carboxylic acids is 1. The van der Waals surface area contributed by atoms with E-state index in [1.165, 1.54) is 0 Å². The summed E-state index contributed by atoms with van der Waals surface area (Å²) < 4.78 is 10.7. The van der Waals surface area contributed by atoms with E-state index in [4.69, 9.17) is 20.4 Å². The van der Waals surface area contributed by atoms with Gasteiger partial charge in [-0.25, -0.2) is 4.79 Å². The summed E-state index contributed by atoms with van der Waals surface area (Å²) in [5, 5.41) is 11.4. The van der Waals surface area contributed by atoms with Crippen molar-refractivity contribution in [3.63, 3.8) is 0 Å². The summed E-state index contributed by atoms with van der Waals surface area (Å²) in [5.41, 5.74) is 5.42. The largest absolute Gasteiger partial charge is 0.447 e. The van der Waals surface area contributed by atoms with E-state index in [2.05, 4.69) is 5.16 Å². The minimum Gasteiger partial charge on any atom is -0.447 e. The highest BCUT2D eigenvalue weighted by Crippen LogP contribution is 2.16. The van der Waals surface area contributed by atoms with E-state index < -0.39 is 6.10 Å². The number of nitrogens with zero attached hydrogens (tertiary/aromatic N) is 2. The molecule has 0 bridgehead atoms. The molecule has 1 fully saturated rings. The molecule has 1 rings (SSSR count). The Morgan fingerprint density at radius 3 is 2.72 bits per heavy atom. The molecule has 0 aromatic carbocycles. The summed E-state index contributed by atoms with van der Waals surface area (Å²) in [6.45, 7) is 6.38. The lowest BCUT2D eigenvalue weighted by atomic mass is 10.3. The normalized spacial score (nSPS) is 22.3. The number of nitrogens with two attached hydrogens (primary N) is 1. The van der Waals surface area contributed by atoms with Gasteiger partial charge in [-0.3, -0.25) is 0 Å². The van der Waals surface area contributed by atoms with Crippen molar-refractivity contribution in [3.05, 3.63) is 0 Å². The smallest absolute Gasteiger partial charge is 0.410 e. The number of hydrogen-bond acceptors (Lipinski definition) is 5. The van der Waals surface area contributed by atoms with Crippen LogP contribution in [0, 0.1) is 0 Å². The van der Waals surface area contributed by atoms with Crippen LogP contribution in [-0.4, -0.2) is 53.4 Å². The highest BCUT2D eigenvalue weighted by Gasteiger charge is 2.29. The Balaban J connectivity index is 2.39. The Hall–Kier alpha value is -1.50. The average molecular weight is 259 g/mol. The molecule has 0 saturated carbocycles. The van der Waals surface area contributed by atoms with Crippen molar-refractivity contribution < 1.29 is 19.5 Å².